The summed E-state index contributed by atoms with van der Waals surface area (Å²) in [6, 6.07) is 15.1. The highest BCUT2D eigenvalue weighted by Gasteiger charge is 2.22. The van der Waals surface area contributed by atoms with Crippen molar-refractivity contribution in [3.63, 3.8) is 0 Å². The average Bonchev–Trinajstić information content (AvgIpc) is 2.99. The molecule has 124 valence electrons. The molecule has 0 spiro atoms. The van der Waals surface area contributed by atoms with Gasteiger partial charge in [-0.15, -0.1) is 0 Å². The molecule has 0 unspecified atom stereocenters. The Bertz CT molecular complexity index is 744. The second-order valence-electron chi connectivity index (χ2n) is 5.72. The van der Waals surface area contributed by atoms with Crippen molar-refractivity contribution in [1.29, 1.82) is 0 Å². The van der Waals surface area contributed by atoms with Gasteiger partial charge in [-0.1, -0.05) is 18.2 Å². The summed E-state index contributed by atoms with van der Waals surface area (Å²) in [4.78, 5) is 25.3. The van der Waals surface area contributed by atoms with Gasteiger partial charge in [-0.3, -0.25) is 9.59 Å². The van der Waals surface area contributed by atoms with Gasteiger partial charge in [0.15, 0.2) is 0 Å². The van der Waals surface area contributed by atoms with E-state index in [0.717, 1.165) is 29.1 Å². The third-order valence-electron chi connectivity index (χ3n) is 3.98. The molecule has 0 bridgehead atoms. The number of ether oxygens (including phenoxy) is 1. The Labute approximate surface area is 141 Å². The number of para-hydroxylation sites is 1. The maximum absolute atomic E-state index is 12.0. The summed E-state index contributed by atoms with van der Waals surface area (Å²) >= 11 is 0. The van der Waals surface area contributed by atoms with Crippen molar-refractivity contribution in [3.05, 3.63) is 54.1 Å². The molecule has 0 aromatic heterocycles. The van der Waals surface area contributed by atoms with Gasteiger partial charge in [-0.2, -0.15) is 0 Å². The van der Waals surface area contributed by atoms with E-state index in [0.29, 0.717) is 13.2 Å². The first-order valence-corrected chi connectivity index (χ1v) is 8.02. The molecule has 2 amide bonds. The van der Waals surface area contributed by atoms with Crippen LogP contribution in [0.25, 0.3) is 0 Å². The van der Waals surface area contributed by atoms with E-state index in [4.69, 9.17) is 4.74 Å². The van der Waals surface area contributed by atoms with Crippen LogP contribution in [0.3, 0.4) is 0 Å². The van der Waals surface area contributed by atoms with Crippen LogP contribution in [0.2, 0.25) is 0 Å². The Kier molecular flexibility index (Phi) is 4.79. The third-order valence-corrected chi connectivity index (χ3v) is 3.98. The maximum atomic E-state index is 12.0. The number of fused-ring (bicyclic) bond motifs is 1. The zero-order valence-corrected chi connectivity index (χ0v) is 13.6. The number of amides is 2. The number of benzene rings is 2. The minimum Gasteiger partial charge on any atom is -0.493 e. The minimum atomic E-state index is -0.0905. The third kappa shape index (κ3) is 3.74. The van der Waals surface area contributed by atoms with Gasteiger partial charge in [-0.25, -0.2) is 0 Å². The molecule has 5 nitrogen and oxygen atoms in total. The first-order chi connectivity index (χ1) is 11.6. The van der Waals surface area contributed by atoms with Crippen LogP contribution in [0.5, 0.6) is 5.75 Å². The first-order valence-electron chi connectivity index (χ1n) is 8.02. The molecule has 2 aromatic carbocycles. The van der Waals surface area contributed by atoms with Gasteiger partial charge in [0.1, 0.15) is 5.75 Å². The van der Waals surface area contributed by atoms with Crippen LogP contribution >= 0.6 is 0 Å². The zero-order valence-electron chi connectivity index (χ0n) is 13.6. The average molecular weight is 324 g/mol. The monoisotopic (exact) mass is 324 g/mol. The molecule has 0 aliphatic carbocycles. The number of anilines is 2. The highest BCUT2D eigenvalue weighted by atomic mass is 16.5. The number of carbonyl (C=O) groups is 2. The van der Waals surface area contributed by atoms with Crippen molar-refractivity contribution in [2.45, 2.75) is 19.8 Å². The molecule has 3 rings (SSSR count). The van der Waals surface area contributed by atoms with Crippen molar-refractivity contribution in [2.24, 2.45) is 0 Å². The molecule has 24 heavy (non-hydrogen) atoms. The molecule has 1 N–H and O–H groups in total. The van der Waals surface area contributed by atoms with E-state index >= 15 is 0 Å². The Morgan fingerprint density at radius 3 is 2.71 bits per heavy atom. The molecule has 0 atom stereocenters. The summed E-state index contributed by atoms with van der Waals surface area (Å²) in [6.45, 7) is 2.60. The summed E-state index contributed by atoms with van der Waals surface area (Å²) < 4.78 is 5.52. The second kappa shape index (κ2) is 7.17. The van der Waals surface area contributed by atoms with E-state index in [9.17, 15) is 9.59 Å². The van der Waals surface area contributed by atoms with Crippen LogP contribution in [0, 0.1) is 0 Å². The Balaban J connectivity index is 1.53. The number of hydrogen-bond donors (Lipinski definition) is 1. The van der Waals surface area contributed by atoms with Crippen LogP contribution < -0.4 is 15.0 Å². The van der Waals surface area contributed by atoms with Crippen molar-refractivity contribution in [1.82, 2.24) is 0 Å². The molecule has 0 saturated heterocycles. The summed E-state index contributed by atoms with van der Waals surface area (Å²) in [5.74, 6) is 0.711. The Morgan fingerprint density at radius 2 is 1.96 bits per heavy atom. The second-order valence-corrected chi connectivity index (χ2v) is 5.72. The minimum absolute atomic E-state index is 0.0450. The lowest BCUT2D eigenvalue weighted by Gasteiger charge is -2.15. The van der Waals surface area contributed by atoms with E-state index in [-0.39, 0.29) is 18.2 Å². The molecular formula is C19H20N2O3. The van der Waals surface area contributed by atoms with E-state index in [1.54, 1.807) is 11.8 Å². The van der Waals surface area contributed by atoms with Gasteiger partial charge in [-0.05, 0) is 42.3 Å². The van der Waals surface area contributed by atoms with E-state index in [1.807, 2.05) is 48.5 Å². The number of rotatable bonds is 5. The fourth-order valence-electron chi connectivity index (χ4n) is 2.81. The SMILES string of the molecule is CC(=O)N1CCc2cc(NC(=O)CCOc3ccccc3)ccc21. The van der Waals surface area contributed by atoms with Gasteiger partial charge in [0.2, 0.25) is 11.8 Å². The molecule has 2 aromatic rings. The molecule has 1 aliphatic rings. The number of nitrogens with zero attached hydrogens (tertiary/aromatic N) is 1. The van der Waals surface area contributed by atoms with Crippen LogP contribution in [-0.2, 0) is 16.0 Å². The first kappa shape index (κ1) is 16.1. The molecule has 1 heterocycles. The fraction of sp³-hybridized carbons (Fsp3) is 0.263. The normalized spacial score (nSPS) is 12.6. The standard InChI is InChI=1S/C19H20N2O3/c1-14(22)21-11-9-15-13-16(7-8-18(15)21)20-19(23)10-12-24-17-5-3-2-4-6-17/h2-8,13H,9-12H2,1H3,(H,20,23). The fourth-order valence-corrected chi connectivity index (χ4v) is 2.81. The number of carbonyl (C=O) groups excluding carboxylic acids is 2. The summed E-state index contributed by atoms with van der Waals surface area (Å²) in [7, 11) is 0. The van der Waals surface area contributed by atoms with Gasteiger partial charge in [0.25, 0.3) is 0 Å². The predicted octanol–water partition coefficient (Wildman–Crippen LogP) is 3.00. The van der Waals surface area contributed by atoms with Gasteiger partial charge >= 0.3 is 0 Å². The van der Waals surface area contributed by atoms with Crippen LogP contribution in [0.1, 0.15) is 18.9 Å². The lowest BCUT2D eigenvalue weighted by Crippen LogP contribution is -2.25. The quantitative estimate of drug-likeness (QED) is 0.920. The van der Waals surface area contributed by atoms with Crippen LogP contribution in [0.4, 0.5) is 11.4 Å². The summed E-state index contributed by atoms with van der Waals surface area (Å²) in [6.07, 6.45) is 1.10. The van der Waals surface area contributed by atoms with Crippen LogP contribution in [0.15, 0.2) is 48.5 Å². The predicted molar refractivity (Wildman–Crippen MR) is 93.4 cm³/mol. The summed E-state index contributed by atoms with van der Waals surface area (Å²) in [5.41, 5.74) is 2.78. The van der Waals surface area contributed by atoms with Crippen molar-refractivity contribution >= 4 is 23.2 Å². The van der Waals surface area contributed by atoms with Crippen molar-refractivity contribution in [2.75, 3.05) is 23.4 Å². The topological polar surface area (TPSA) is 58.6 Å². The summed E-state index contributed by atoms with van der Waals surface area (Å²) in [5, 5.41) is 2.88. The zero-order chi connectivity index (χ0) is 16.9. The Hall–Kier alpha value is -2.82. The molecule has 1 aliphatic heterocycles. The molecule has 0 radical (unpaired) electrons. The largest absolute Gasteiger partial charge is 0.493 e. The highest BCUT2D eigenvalue weighted by molar-refractivity contribution is 5.95. The molecular weight excluding hydrogens is 304 g/mol. The highest BCUT2D eigenvalue weighted by Crippen LogP contribution is 2.30. The van der Waals surface area contributed by atoms with E-state index < -0.39 is 0 Å². The van der Waals surface area contributed by atoms with Gasteiger partial charge < -0.3 is 15.0 Å². The van der Waals surface area contributed by atoms with E-state index in [2.05, 4.69) is 5.32 Å². The van der Waals surface area contributed by atoms with E-state index in [1.165, 1.54) is 0 Å². The molecule has 0 saturated carbocycles. The lowest BCUT2D eigenvalue weighted by atomic mass is 10.1. The number of nitrogens with one attached hydrogen (secondary N) is 1. The molecule has 0 fully saturated rings. The van der Waals surface area contributed by atoms with Crippen LogP contribution in [-0.4, -0.2) is 25.0 Å². The van der Waals surface area contributed by atoms with Gasteiger partial charge in [0.05, 0.1) is 13.0 Å². The smallest absolute Gasteiger partial charge is 0.227 e. The van der Waals surface area contributed by atoms with Crippen molar-refractivity contribution < 1.29 is 14.3 Å². The lowest BCUT2D eigenvalue weighted by molar-refractivity contribution is -0.117. The van der Waals surface area contributed by atoms with Gasteiger partial charge in [0, 0.05) is 24.8 Å². The van der Waals surface area contributed by atoms with Crippen molar-refractivity contribution in [3.8, 4) is 5.75 Å². The molecule has 5 heteroatoms. The number of hydrogen-bond acceptors (Lipinski definition) is 3. The Morgan fingerprint density at radius 1 is 1.17 bits per heavy atom. The maximum Gasteiger partial charge on any atom is 0.227 e.